The number of aromatic nitrogens is 1. The van der Waals surface area contributed by atoms with Crippen LogP contribution in [0.5, 0.6) is 0 Å². The molecule has 0 aromatic carbocycles. The molecule has 1 aliphatic heterocycles. The summed E-state index contributed by atoms with van der Waals surface area (Å²) in [4.78, 5) is 13.4. The van der Waals surface area contributed by atoms with Crippen LogP contribution in [0.2, 0.25) is 0 Å². The van der Waals surface area contributed by atoms with Gasteiger partial charge in [0.25, 0.3) is 0 Å². The van der Waals surface area contributed by atoms with Gasteiger partial charge >= 0.3 is 6.03 Å². The minimum Gasteiger partial charge on any atom is -0.368 e. The van der Waals surface area contributed by atoms with Crippen molar-refractivity contribution in [3.63, 3.8) is 0 Å². The van der Waals surface area contributed by atoms with Crippen LogP contribution in [-0.2, 0) is 16.8 Å². The Labute approximate surface area is 142 Å². The maximum atomic E-state index is 12.1. The van der Waals surface area contributed by atoms with E-state index < -0.39 is 5.60 Å². The lowest BCUT2D eigenvalue weighted by molar-refractivity contribution is -0.0416. The zero-order valence-corrected chi connectivity index (χ0v) is 14.4. The second kappa shape index (κ2) is 6.28. The fraction of sp³-hybridized carbons (Fsp3) is 0.400. The topological polar surface area (TPSA) is 87.0 Å². The van der Waals surface area contributed by atoms with Crippen LogP contribution in [0.25, 0.3) is 0 Å². The Hall–Kier alpha value is -1.95. The second-order valence-corrected chi connectivity index (χ2v) is 7.25. The van der Waals surface area contributed by atoms with Crippen LogP contribution in [-0.4, -0.2) is 23.6 Å². The van der Waals surface area contributed by atoms with Crippen molar-refractivity contribution in [3.05, 3.63) is 33.1 Å². The molecule has 1 atom stereocenters. The van der Waals surface area contributed by atoms with Crippen molar-refractivity contribution >= 4 is 33.9 Å². The number of carbonyl (C=O) groups excluding carboxylic acids is 1. The van der Waals surface area contributed by atoms with Crippen molar-refractivity contribution in [3.8, 4) is 6.07 Å². The second-order valence-electron chi connectivity index (χ2n) is 5.48. The lowest BCUT2D eigenvalue weighted by atomic mass is 9.93. The lowest BCUT2D eigenvalue weighted by Crippen LogP contribution is -2.44. The molecule has 3 rings (SSSR count). The molecule has 0 fully saturated rings. The monoisotopic (exact) mass is 348 g/mol. The molecule has 120 valence electrons. The maximum absolute atomic E-state index is 12.1. The van der Waals surface area contributed by atoms with E-state index in [1.807, 2.05) is 6.92 Å². The molecule has 0 saturated carbocycles. The molecule has 2 N–H and O–H groups in total. The van der Waals surface area contributed by atoms with E-state index in [-0.39, 0.29) is 6.03 Å². The molecule has 6 nitrogen and oxygen atoms in total. The van der Waals surface area contributed by atoms with Gasteiger partial charge in [-0.05, 0) is 42.4 Å². The van der Waals surface area contributed by atoms with E-state index >= 15 is 0 Å². The molecule has 0 saturated heterocycles. The summed E-state index contributed by atoms with van der Waals surface area (Å²) in [6.45, 7) is 4.74. The van der Waals surface area contributed by atoms with Crippen LogP contribution in [0.3, 0.4) is 0 Å². The van der Waals surface area contributed by atoms with Crippen LogP contribution in [0, 0.1) is 18.3 Å². The number of rotatable bonds is 3. The third-order valence-electron chi connectivity index (χ3n) is 3.85. The van der Waals surface area contributed by atoms with Gasteiger partial charge in [-0.1, -0.05) is 0 Å². The molecule has 3 heterocycles. The lowest BCUT2D eigenvalue weighted by Gasteiger charge is -2.34. The molecule has 2 aromatic rings. The zero-order valence-electron chi connectivity index (χ0n) is 12.8. The van der Waals surface area contributed by atoms with Gasteiger partial charge in [-0.3, -0.25) is 5.32 Å². The van der Waals surface area contributed by atoms with Crippen LogP contribution in [0.1, 0.15) is 28.6 Å². The highest BCUT2D eigenvalue weighted by atomic mass is 32.1. The molecule has 8 heteroatoms. The van der Waals surface area contributed by atoms with E-state index in [1.54, 1.807) is 18.3 Å². The molecule has 2 aromatic heterocycles. The van der Waals surface area contributed by atoms with Gasteiger partial charge in [0.2, 0.25) is 0 Å². The number of ether oxygens (including phenoxy) is 1. The highest BCUT2D eigenvalue weighted by Crippen LogP contribution is 2.35. The van der Waals surface area contributed by atoms with Crippen molar-refractivity contribution in [1.29, 1.82) is 5.26 Å². The molecular formula is C15H16N4O2S2. The van der Waals surface area contributed by atoms with Gasteiger partial charge in [0.15, 0.2) is 0 Å². The average molecular weight is 348 g/mol. The predicted molar refractivity (Wildman–Crippen MR) is 89.9 cm³/mol. The van der Waals surface area contributed by atoms with Crippen molar-refractivity contribution in [2.45, 2.75) is 25.9 Å². The average Bonchev–Trinajstić information content (AvgIpc) is 3.13. The molecular weight excluding hydrogens is 332 g/mol. The number of amides is 2. The molecule has 0 unspecified atom stereocenters. The Morgan fingerprint density at radius 3 is 3.22 bits per heavy atom. The minimum atomic E-state index is -0.521. The Balaban J connectivity index is 1.65. The third-order valence-corrected chi connectivity index (χ3v) is 5.69. The van der Waals surface area contributed by atoms with Gasteiger partial charge in [-0.25, -0.2) is 4.79 Å². The number of nitriles is 1. The summed E-state index contributed by atoms with van der Waals surface area (Å²) >= 11 is 2.83. The molecule has 0 aliphatic carbocycles. The molecule has 2 amide bonds. The van der Waals surface area contributed by atoms with Gasteiger partial charge in [-0.15, -0.1) is 11.3 Å². The summed E-state index contributed by atoms with van der Waals surface area (Å²) in [6, 6.07) is 3.74. The normalized spacial score (nSPS) is 19.7. The molecule has 23 heavy (non-hydrogen) atoms. The highest BCUT2D eigenvalue weighted by molar-refractivity contribution is 7.10. The first kappa shape index (κ1) is 15.9. The summed E-state index contributed by atoms with van der Waals surface area (Å²) in [5.74, 6) is 0. The van der Waals surface area contributed by atoms with E-state index in [2.05, 4.69) is 32.5 Å². The number of nitrogens with zero attached hydrogens (tertiary/aromatic N) is 2. The van der Waals surface area contributed by atoms with E-state index in [0.717, 1.165) is 23.5 Å². The summed E-state index contributed by atoms with van der Waals surface area (Å²) in [5, 5.41) is 17.1. The number of carbonyl (C=O) groups is 1. The first-order chi connectivity index (χ1) is 11.0. The summed E-state index contributed by atoms with van der Waals surface area (Å²) < 4.78 is 9.98. The number of fused-ring (bicyclic) bond motifs is 1. The highest BCUT2D eigenvalue weighted by Gasteiger charge is 2.34. The molecule has 0 bridgehead atoms. The number of hydrogen-bond donors (Lipinski definition) is 2. The fourth-order valence-corrected chi connectivity index (χ4v) is 4.30. The van der Waals surface area contributed by atoms with Crippen molar-refractivity contribution < 1.29 is 9.53 Å². The molecule has 0 radical (unpaired) electrons. The van der Waals surface area contributed by atoms with Gasteiger partial charge in [0.05, 0.1) is 18.8 Å². The Morgan fingerprint density at radius 1 is 1.61 bits per heavy atom. The number of anilines is 1. The third kappa shape index (κ3) is 3.08. The zero-order chi connectivity index (χ0) is 16.4. The van der Waals surface area contributed by atoms with Gasteiger partial charge in [-0.2, -0.15) is 9.64 Å². The number of aryl methyl sites for hydroxylation is 1. The predicted octanol–water partition coefficient (Wildman–Crippen LogP) is 2.99. The van der Waals surface area contributed by atoms with Crippen molar-refractivity contribution in [1.82, 2.24) is 9.69 Å². The largest absolute Gasteiger partial charge is 0.368 e. The van der Waals surface area contributed by atoms with Crippen LogP contribution in [0.15, 0.2) is 11.4 Å². The van der Waals surface area contributed by atoms with E-state index in [0.29, 0.717) is 29.4 Å². The Kier molecular flexibility index (Phi) is 4.35. The van der Waals surface area contributed by atoms with Crippen molar-refractivity contribution in [2.75, 3.05) is 18.5 Å². The van der Waals surface area contributed by atoms with E-state index in [1.165, 1.54) is 4.88 Å². The number of thiophene rings is 1. The quantitative estimate of drug-likeness (QED) is 0.893. The number of nitrogens with one attached hydrogen (secondary N) is 2. The first-order valence-corrected chi connectivity index (χ1v) is 8.81. The Morgan fingerprint density at radius 2 is 2.43 bits per heavy atom. The molecule has 0 spiro atoms. The maximum Gasteiger partial charge on any atom is 0.320 e. The van der Waals surface area contributed by atoms with Gasteiger partial charge in [0.1, 0.15) is 22.2 Å². The number of hydrogen-bond acceptors (Lipinski definition) is 6. The smallest absolute Gasteiger partial charge is 0.320 e. The Bertz CT molecular complexity index is 777. The van der Waals surface area contributed by atoms with E-state index in [4.69, 9.17) is 10.00 Å². The van der Waals surface area contributed by atoms with Crippen LogP contribution < -0.4 is 10.6 Å². The first-order valence-electron chi connectivity index (χ1n) is 7.15. The van der Waals surface area contributed by atoms with Crippen LogP contribution in [0.4, 0.5) is 9.80 Å². The number of urea groups is 1. The SMILES string of the molecule is Cc1nsc(NC(=O)NC[C@]2(C)OCCc3sccc32)c1C#N. The minimum absolute atomic E-state index is 0.363. The fourth-order valence-electron chi connectivity index (χ4n) is 2.58. The molecule has 1 aliphatic rings. The standard InChI is InChI=1S/C15H16N4O2S2/c1-9-10(7-16)13(23-19-9)18-14(20)17-8-15(2)11-4-6-22-12(11)3-5-21-15/h4,6H,3,5,8H2,1-2H3,(H2,17,18,20)/t15-/m0/s1. The van der Waals surface area contributed by atoms with Gasteiger partial charge in [0, 0.05) is 11.3 Å². The van der Waals surface area contributed by atoms with Gasteiger partial charge < -0.3 is 10.1 Å². The summed E-state index contributed by atoms with van der Waals surface area (Å²) in [7, 11) is 0. The summed E-state index contributed by atoms with van der Waals surface area (Å²) in [5.41, 5.74) is 1.65. The summed E-state index contributed by atoms with van der Waals surface area (Å²) in [6.07, 6.45) is 0.917. The van der Waals surface area contributed by atoms with Crippen molar-refractivity contribution in [2.24, 2.45) is 0 Å². The van der Waals surface area contributed by atoms with Crippen LogP contribution >= 0.6 is 22.9 Å². The van der Waals surface area contributed by atoms with E-state index in [9.17, 15) is 4.79 Å².